The third kappa shape index (κ3) is 2.04. The van der Waals surface area contributed by atoms with Gasteiger partial charge >= 0.3 is 0 Å². The highest BCUT2D eigenvalue weighted by Crippen LogP contribution is 2.63. The number of ether oxygens (including phenoxy) is 2. The molecule has 18 heavy (non-hydrogen) atoms. The van der Waals surface area contributed by atoms with E-state index in [1.54, 1.807) is 0 Å². The summed E-state index contributed by atoms with van der Waals surface area (Å²) in [6.45, 7) is 8.70. The van der Waals surface area contributed by atoms with Gasteiger partial charge in [-0.3, -0.25) is 0 Å². The predicted molar refractivity (Wildman–Crippen MR) is 79.1 cm³/mol. The molecular formula is C14H24O2S2. The first-order valence-electron chi connectivity index (χ1n) is 7.03. The second-order valence-electron chi connectivity index (χ2n) is 6.71. The number of thioether (sulfide) groups is 2. The number of hydrogen-bond acceptors (Lipinski definition) is 4. The molecule has 1 aliphatic carbocycles. The van der Waals surface area contributed by atoms with E-state index in [9.17, 15) is 0 Å². The van der Waals surface area contributed by atoms with Crippen molar-refractivity contribution >= 4 is 23.5 Å². The zero-order chi connectivity index (χ0) is 12.9. The molecule has 0 N–H and O–H groups in total. The van der Waals surface area contributed by atoms with Gasteiger partial charge in [0.2, 0.25) is 0 Å². The van der Waals surface area contributed by atoms with Crippen molar-refractivity contribution in [3.63, 3.8) is 0 Å². The maximum atomic E-state index is 6.12. The van der Waals surface area contributed by atoms with E-state index in [1.165, 1.54) is 24.3 Å². The predicted octanol–water partition coefficient (Wildman–Crippen LogP) is 3.75. The van der Waals surface area contributed by atoms with E-state index in [1.807, 2.05) is 0 Å². The average molecular weight is 288 g/mol. The minimum atomic E-state index is -0.277. The summed E-state index contributed by atoms with van der Waals surface area (Å²) in [6.07, 6.45) is 3.56. The molecule has 2 nitrogen and oxygen atoms in total. The number of hydrogen-bond donors (Lipinski definition) is 0. The first-order chi connectivity index (χ1) is 8.48. The van der Waals surface area contributed by atoms with Crippen LogP contribution in [-0.4, -0.2) is 34.6 Å². The van der Waals surface area contributed by atoms with Gasteiger partial charge in [0.1, 0.15) is 4.08 Å². The summed E-state index contributed by atoms with van der Waals surface area (Å²) in [4.78, 5) is 0. The first kappa shape index (κ1) is 13.6. The molecule has 2 saturated heterocycles. The summed E-state index contributed by atoms with van der Waals surface area (Å²) < 4.78 is 12.4. The molecule has 0 radical (unpaired) electrons. The summed E-state index contributed by atoms with van der Waals surface area (Å²) in [5.74, 6) is 3.00. The SMILES string of the molecule is CC(C)(C)[C@@H]1CCC2(OCCO2)C2(C1)SCCS2. The van der Waals surface area contributed by atoms with Crippen molar-refractivity contribution < 1.29 is 9.47 Å². The Morgan fingerprint density at radius 2 is 1.67 bits per heavy atom. The van der Waals surface area contributed by atoms with E-state index in [0.29, 0.717) is 5.41 Å². The zero-order valence-corrected chi connectivity index (χ0v) is 13.3. The molecule has 0 unspecified atom stereocenters. The van der Waals surface area contributed by atoms with Crippen LogP contribution in [0.3, 0.4) is 0 Å². The summed E-state index contributed by atoms with van der Waals surface area (Å²) in [5.41, 5.74) is 0.400. The fourth-order valence-electron chi connectivity index (χ4n) is 3.49. The fraction of sp³-hybridized carbons (Fsp3) is 1.00. The molecule has 0 aromatic heterocycles. The molecular weight excluding hydrogens is 264 g/mol. The van der Waals surface area contributed by atoms with Crippen LogP contribution in [0.25, 0.3) is 0 Å². The quantitative estimate of drug-likeness (QED) is 0.675. The largest absolute Gasteiger partial charge is 0.345 e. The molecule has 0 aromatic rings. The van der Waals surface area contributed by atoms with Crippen molar-refractivity contribution in [2.45, 2.75) is 49.9 Å². The molecule has 0 aromatic carbocycles. The van der Waals surface area contributed by atoms with Crippen molar-refractivity contribution in [3.05, 3.63) is 0 Å². The van der Waals surface area contributed by atoms with Gasteiger partial charge in [-0.15, -0.1) is 23.5 Å². The summed E-state index contributed by atoms with van der Waals surface area (Å²) >= 11 is 4.19. The topological polar surface area (TPSA) is 18.5 Å². The zero-order valence-electron chi connectivity index (χ0n) is 11.7. The van der Waals surface area contributed by atoms with Crippen molar-refractivity contribution in [1.29, 1.82) is 0 Å². The van der Waals surface area contributed by atoms with Gasteiger partial charge in [-0.05, 0) is 24.2 Å². The second-order valence-corrected chi connectivity index (χ2v) is 9.75. The van der Waals surface area contributed by atoms with Gasteiger partial charge in [-0.25, -0.2) is 0 Å². The van der Waals surface area contributed by atoms with E-state index < -0.39 is 0 Å². The van der Waals surface area contributed by atoms with Gasteiger partial charge in [0, 0.05) is 17.9 Å². The smallest absolute Gasteiger partial charge is 0.192 e. The summed E-state index contributed by atoms with van der Waals surface area (Å²) in [6, 6.07) is 0. The molecule has 0 amide bonds. The van der Waals surface area contributed by atoms with Crippen LogP contribution in [0.15, 0.2) is 0 Å². The lowest BCUT2D eigenvalue weighted by atomic mass is 9.70. The molecule has 104 valence electrons. The lowest BCUT2D eigenvalue weighted by Gasteiger charge is -2.51. The lowest BCUT2D eigenvalue weighted by Crippen LogP contribution is -2.55. The summed E-state index contributed by atoms with van der Waals surface area (Å²) in [5, 5.41) is 0. The molecule has 2 aliphatic heterocycles. The van der Waals surface area contributed by atoms with Crippen LogP contribution in [-0.2, 0) is 9.47 Å². The van der Waals surface area contributed by atoms with E-state index >= 15 is 0 Å². The van der Waals surface area contributed by atoms with Crippen LogP contribution in [0.4, 0.5) is 0 Å². The van der Waals surface area contributed by atoms with Gasteiger partial charge in [0.15, 0.2) is 5.79 Å². The minimum absolute atomic E-state index is 0.166. The van der Waals surface area contributed by atoms with Gasteiger partial charge in [0.05, 0.1) is 13.2 Å². The van der Waals surface area contributed by atoms with Crippen molar-refractivity contribution in [3.8, 4) is 0 Å². The highest BCUT2D eigenvalue weighted by molar-refractivity contribution is 8.21. The second kappa shape index (κ2) is 4.57. The van der Waals surface area contributed by atoms with Crippen molar-refractivity contribution in [2.75, 3.05) is 24.7 Å². The third-order valence-electron chi connectivity index (χ3n) is 4.65. The first-order valence-corrected chi connectivity index (χ1v) is 9.00. The Morgan fingerprint density at radius 3 is 2.22 bits per heavy atom. The van der Waals surface area contributed by atoms with Crippen LogP contribution in [0.5, 0.6) is 0 Å². The maximum absolute atomic E-state index is 6.12. The molecule has 1 atom stereocenters. The average Bonchev–Trinajstić information content (AvgIpc) is 2.91. The Kier molecular flexibility index (Phi) is 3.45. The highest BCUT2D eigenvalue weighted by Gasteiger charge is 2.62. The number of fused-ring (bicyclic) bond motifs is 1. The molecule has 3 fully saturated rings. The standard InChI is InChI=1S/C14H24O2S2/c1-12(2,3)11-4-5-13(15-6-7-16-13)14(10-11)17-8-9-18-14/h11H,4-10H2,1-3H3/t11-/m1/s1. The summed E-state index contributed by atoms with van der Waals surface area (Å²) in [7, 11) is 0. The molecule has 1 saturated carbocycles. The highest BCUT2D eigenvalue weighted by atomic mass is 32.2. The third-order valence-corrected chi connectivity index (χ3v) is 8.32. The van der Waals surface area contributed by atoms with E-state index in [4.69, 9.17) is 9.47 Å². The lowest BCUT2D eigenvalue weighted by molar-refractivity contribution is -0.189. The van der Waals surface area contributed by atoms with Crippen molar-refractivity contribution in [1.82, 2.24) is 0 Å². The molecule has 4 heteroatoms. The Bertz CT molecular complexity index is 312. The van der Waals surface area contributed by atoms with Gasteiger partial charge in [0.25, 0.3) is 0 Å². The van der Waals surface area contributed by atoms with E-state index in [2.05, 4.69) is 44.3 Å². The van der Waals surface area contributed by atoms with E-state index in [-0.39, 0.29) is 9.87 Å². The van der Waals surface area contributed by atoms with Crippen LogP contribution < -0.4 is 0 Å². The Balaban J connectivity index is 1.87. The van der Waals surface area contributed by atoms with Crippen LogP contribution in [0, 0.1) is 11.3 Å². The Hall–Kier alpha value is 0.620. The molecule has 3 aliphatic rings. The van der Waals surface area contributed by atoms with Gasteiger partial charge in [-0.2, -0.15) is 0 Å². The maximum Gasteiger partial charge on any atom is 0.192 e. The fourth-order valence-corrected chi connectivity index (χ4v) is 7.16. The van der Waals surface area contributed by atoms with Crippen LogP contribution in [0.1, 0.15) is 40.0 Å². The monoisotopic (exact) mass is 288 g/mol. The van der Waals surface area contributed by atoms with Gasteiger partial charge in [-0.1, -0.05) is 20.8 Å². The van der Waals surface area contributed by atoms with Crippen LogP contribution in [0.2, 0.25) is 0 Å². The Morgan fingerprint density at radius 1 is 1.06 bits per heavy atom. The van der Waals surface area contributed by atoms with Crippen LogP contribution >= 0.6 is 23.5 Å². The molecule has 3 rings (SSSR count). The van der Waals surface area contributed by atoms with Crippen molar-refractivity contribution in [2.24, 2.45) is 11.3 Å². The molecule has 2 spiro atoms. The van der Waals surface area contributed by atoms with Gasteiger partial charge < -0.3 is 9.47 Å². The molecule has 2 heterocycles. The molecule has 0 bridgehead atoms. The Labute approximate surface area is 119 Å². The minimum Gasteiger partial charge on any atom is -0.345 e. The number of rotatable bonds is 0. The normalized spacial score (nSPS) is 34.5. The van der Waals surface area contributed by atoms with E-state index in [0.717, 1.165) is 25.6 Å².